The van der Waals surface area contributed by atoms with Crippen molar-refractivity contribution in [2.45, 2.75) is 51.7 Å². The van der Waals surface area contributed by atoms with Gasteiger partial charge in [0.15, 0.2) is 0 Å². The van der Waals surface area contributed by atoms with Crippen LogP contribution in [0.1, 0.15) is 20.8 Å². The quantitative estimate of drug-likeness (QED) is 0.547. The van der Waals surface area contributed by atoms with Crippen LogP contribution in [0.25, 0.3) is 11.0 Å². The summed E-state index contributed by atoms with van der Waals surface area (Å²) >= 11 is 0. The molecule has 0 aromatic carbocycles. The zero-order valence-corrected chi connectivity index (χ0v) is 13.8. The molecule has 4 nitrogen and oxygen atoms in total. The molecule has 0 radical (unpaired) electrons. The molecule has 0 aliphatic rings. The van der Waals surface area contributed by atoms with Gasteiger partial charge in [-0.3, -0.25) is 0 Å². The Morgan fingerprint density at radius 2 is 1.95 bits per heavy atom. The molecule has 0 aliphatic carbocycles. The van der Waals surface area contributed by atoms with Crippen molar-refractivity contribution >= 4 is 19.1 Å². The zero-order valence-electron chi connectivity index (χ0n) is 12.8. The van der Waals surface area contributed by atoms with Crippen molar-refractivity contribution < 1.29 is 4.74 Å². The highest BCUT2D eigenvalue weighted by atomic mass is 28.3. The van der Waals surface area contributed by atoms with E-state index in [4.69, 9.17) is 4.74 Å². The summed E-state index contributed by atoms with van der Waals surface area (Å²) in [6, 6.07) is 7.39. The number of nitrogens with zero attached hydrogens (tertiary/aromatic N) is 3. The fraction of sp³-hybridized carbons (Fsp3) is 0.600. The molecule has 0 bridgehead atoms. The van der Waals surface area contributed by atoms with Crippen molar-refractivity contribution in [1.29, 1.82) is 0 Å². The highest BCUT2D eigenvalue weighted by Gasteiger charge is 2.25. The highest BCUT2D eigenvalue weighted by Crippen LogP contribution is 2.24. The summed E-state index contributed by atoms with van der Waals surface area (Å²) in [7, 11) is -1.05. The first kappa shape index (κ1) is 15.2. The molecule has 0 amide bonds. The first-order valence-electron chi connectivity index (χ1n) is 7.57. The van der Waals surface area contributed by atoms with Gasteiger partial charge in [0, 0.05) is 24.4 Å². The average molecular weight is 291 g/mol. The molecule has 2 heterocycles. The Morgan fingerprint density at radius 1 is 1.20 bits per heavy atom. The molecule has 5 heteroatoms. The Balaban J connectivity index is 1.87. The molecule has 0 spiro atoms. The fourth-order valence-corrected chi connectivity index (χ4v) is 5.91. The number of hydrogen-bond donors (Lipinski definition) is 0. The molecule has 0 saturated heterocycles. The van der Waals surface area contributed by atoms with Gasteiger partial charge in [-0.25, -0.2) is 9.97 Å². The lowest BCUT2D eigenvalue weighted by Gasteiger charge is -2.27. The smallest absolute Gasteiger partial charge is 0.145 e. The lowest BCUT2D eigenvalue weighted by Crippen LogP contribution is -2.32. The van der Waals surface area contributed by atoms with E-state index < -0.39 is 8.07 Å². The van der Waals surface area contributed by atoms with Gasteiger partial charge < -0.3 is 9.30 Å². The van der Waals surface area contributed by atoms with E-state index in [1.807, 2.05) is 23.0 Å². The Kier molecular flexibility index (Phi) is 5.31. The van der Waals surface area contributed by atoms with Crippen LogP contribution in [0.15, 0.2) is 24.8 Å². The van der Waals surface area contributed by atoms with Gasteiger partial charge in [0.05, 0.1) is 8.07 Å². The molecule has 0 fully saturated rings. The summed E-state index contributed by atoms with van der Waals surface area (Å²) in [6.07, 6.45) is 5.44. The predicted molar refractivity (Wildman–Crippen MR) is 85.5 cm³/mol. The number of fused-ring (bicyclic) bond motifs is 1. The molecule has 0 atom stereocenters. The predicted octanol–water partition coefficient (Wildman–Crippen LogP) is 3.91. The van der Waals surface area contributed by atoms with Crippen LogP contribution >= 0.6 is 0 Å². The van der Waals surface area contributed by atoms with Gasteiger partial charge in [0.25, 0.3) is 0 Å². The van der Waals surface area contributed by atoms with Crippen LogP contribution in [0.2, 0.25) is 24.2 Å². The van der Waals surface area contributed by atoms with Gasteiger partial charge in [-0.1, -0.05) is 38.9 Å². The van der Waals surface area contributed by atoms with Gasteiger partial charge in [-0.2, -0.15) is 0 Å². The van der Waals surface area contributed by atoms with Crippen molar-refractivity contribution in [3.05, 3.63) is 24.8 Å². The van der Waals surface area contributed by atoms with Crippen molar-refractivity contribution in [2.75, 3.05) is 6.61 Å². The maximum Gasteiger partial charge on any atom is 0.145 e. The number of rotatable bonds is 8. The van der Waals surface area contributed by atoms with E-state index in [1.54, 1.807) is 6.33 Å². The minimum absolute atomic E-state index is 0.585. The molecular formula is C15H25N3OSi. The van der Waals surface area contributed by atoms with E-state index in [-0.39, 0.29) is 0 Å². The molecule has 2 aromatic heterocycles. The molecule has 0 N–H and O–H groups in total. The summed E-state index contributed by atoms with van der Waals surface area (Å²) in [5.74, 6) is 0. The third kappa shape index (κ3) is 3.27. The van der Waals surface area contributed by atoms with E-state index >= 15 is 0 Å². The lowest BCUT2D eigenvalue weighted by molar-refractivity contribution is 0.0896. The van der Waals surface area contributed by atoms with Crippen LogP contribution in [0.3, 0.4) is 0 Å². The standard InChI is InChI=1S/C15H25N3OSi/c1-4-20(5-2,6-3)10-9-19-13-18-8-7-14-11-16-12-17-15(14)18/h7-8,11-12H,4-6,9-10,13H2,1-3H3. The SMILES string of the molecule is CC[Si](CC)(CC)CCOCn1ccc2cncnc21. The highest BCUT2D eigenvalue weighted by molar-refractivity contribution is 6.79. The van der Waals surface area contributed by atoms with E-state index in [0.29, 0.717) is 6.73 Å². The average Bonchev–Trinajstić information content (AvgIpc) is 2.92. The summed E-state index contributed by atoms with van der Waals surface area (Å²) < 4.78 is 7.93. The summed E-state index contributed by atoms with van der Waals surface area (Å²) in [6.45, 7) is 8.48. The van der Waals surface area contributed by atoms with E-state index in [0.717, 1.165) is 17.6 Å². The first-order chi connectivity index (χ1) is 9.74. The minimum atomic E-state index is -1.05. The van der Waals surface area contributed by atoms with Crippen molar-refractivity contribution in [1.82, 2.24) is 14.5 Å². The number of aromatic nitrogens is 3. The largest absolute Gasteiger partial charge is 0.361 e. The Hall–Kier alpha value is -1.20. The Morgan fingerprint density at radius 3 is 2.65 bits per heavy atom. The summed E-state index contributed by atoms with van der Waals surface area (Å²) in [5.41, 5.74) is 0.949. The molecular weight excluding hydrogens is 266 g/mol. The second kappa shape index (κ2) is 6.99. The molecule has 110 valence electrons. The van der Waals surface area contributed by atoms with Crippen LogP contribution in [0.4, 0.5) is 0 Å². The maximum absolute atomic E-state index is 5.88. The van der Waals surface area contributed by atoms with Gasteiger partial charge in [0.1, 0.15) is 18.7 Å². The molecule has 2 aromatic rings. The Labute approximate surface area is 122 Å². The zero-order chi connectivity index (χ0) is 14.4. The molecule has 20 heavy (non-hydrogen) atoms. The van der Waals surface area contributed by atoms with Gasteiger partial charge >= 0.3 is 0 Å². The second-order valence-electron chi connectivity index (χ2n) is 5.44. The maximum atomic E-state index is 5.88. The lowest BCUT2D eigenvalue weighted by atomic mass is 10.4. The van der Waals surface area contributed by atoms with Gasteiger partial charge in [-0.05, 0) is 12.1 Å². The summed E-state index contributed by atoms with van der Waals surface area (Å²) in [5, 5.41) is 1.07. The van der Waals surface area contributed by atoms with Gasteiger partial charge in [-0.15, -0.1) is 0 Å². The van der Waals surface area contributed by atoms with E-state index in [9.17, 15) is 0 Å². The van der Waals surface area contributed by atoms with Crippen LogP contribution in [0.5, 0.6) is 0 Å². The van der Waals surface area contributed by atoms with Crippen LogP contribution in [-0.2, 0) is 11.5 Å². The second-order valence-corrected chi connectivity index (χ2v) is 11.1. The monoisotopic (exact) mass is 291 g/mol. The van der Waals surface area contributed by atoms with E-state index in [2.05, 4.69) is 30.7 Å². The van der Waals surface area contributed by atoms with Crippen LogP contribution in [-0.4, -0.2) is 29.2 Å². The van der Waals surface area contributed by atoms with E-state index in [1.165, 1.54) is 24.2 Å². The normalized spacial score (nSPS) is 12.2. The molecule has 0 unspecified atom stereocenters. The number of ether oxygens (including phenoxy) is 1. The minimum Gasteiger partial charge on any atom is -0.361 e. The molecule has 2 rings (SSSR count). The third-order valence-corrected chi connectivity index (χ3v) is 10.4. The Bertz CT molecular complexity index is 528. The molecule has 0 aliphatic heterocycles. The topological polar surface area (TPSA) is 39.9 Å². The first-order valence-corrected chi connectivity index (χ1v) is 10.4. The van der Waals surface area contributed by atoms with Gasteiger partial charge in [0.2, 0.25) is 0 Å². The van der Waals surface area contributed by atoms with Crippen LogP contribution < -0.4 is 0 Å². The van der Waals surface area contributed by atoms with Crippen molar-refractivity contribution in [3.63, 3.8) is 0 Å². The van der Waals surface area contributed by atoms with Crippen molar-refractivity contribution in [2.24, 2.45) is 0 Å². The fourth-order valence-electron chi connectivity index (χ4n) is 2.77. The molecule has 0 saturated carbocycles. The summed E-state index contributed by atoms with van der Waals surface area (Å²) in [4.78, 5) is 8.33. The van der Waals surface area contributed by atoms with Crippen LogP contribution in [0, 0.1) is 0 Å². The third-order valence-electron chi connectivity index (χ3n) is 4.68. The van der Waals surface area contributed by atoms with Crippen molar-refractivity contribution in [3.8, 4) is 0 Å². The number of hydrogen-bond acceptors (Lipinski definition) is 3.